The Morgan fingerprint density at radius 1 is 1.25 bits per heavy atom. The van der Waals surface area contributed by atoms with Crippen LogP contribution in [-0.4, -0.2) is 37.0 Å². The second-order valence-corrected chi connectivity index (χ2v) is 4.68. The van der Waals surface area contributed by atoms with Gasteiger partial charge in [0, 0.05) is 31.8 Å². The summed E-state index contributed by atoms with van der Waals surface area (Å²) in [7, 11) is 0. The van der Waals surface area contributed by atoms with Crippen molar-refractivity contribution in [1.82, 2.24) is 10.2 Å². The Labute approximate surface area is 97.2 Å². The van der Waals surface area contributed by atoms with Gasteiger partial charge < -0.3 is 10.2 Å². The van der Waals surface area contributed by atoms with Crippen LogP contribution < -0.4 is 5.32 Å². The topological polar surface area (TPSA) is 32.3 Å². The number of nitrogens with one attached hydrogen (secondary N) is 1. The minimum atomic E-state index is 0.244. The molecule has 1 amide bonds. The molecule has 0 saturated carbocycles. The van der Waals surface area contributed by atoms with Gasteiger partial charge in [0.05, 0.1) is 0 Å². The van der Waals surface area contributed by atoms with Crippen LogP contribution in [0.5, 0.6) is 0 Å². The van der Waals surface area contributed by atoms with Crippen molar-refractivity contribution < 1.29 is 4.79 Å². The molecule has 0 aromatic rings. The molecule has 0 aromatic heterocycles. The number of piperazine rings is 1. The van der Waals surface area contributed by atoms with Gasteiger partial charge in [0.25, 0.3) is 0 Å². The van der Waals surface area contributed by atoms with Gasteiger partial charge in [0.15, 0.2) is 0 Å². The highest BCUT2D eigenvalue weighted by molar-refractivity contribution is 5.94. The van der Waals surface area contributed by atoms with Gasteiger partial charge in [-0.25, -0.2) is 0 Å². The van der Waals surface area contributed by atoms with Gasteiger partial charge in [-0.15, -0.1) is 0 Å². The lowest BCUT2D eigenvalue weighted by molar-refractivity contribution is -0.127. The Morgan fingerprint density at radius 2 is 1.94 bits per heavy atom. The Balaban J connectivity index is 2.07. The summed E-state index contributed by atoms with van der Waals surface area (Å²) in [4.78, 5) is 14.2. The average Bonchev–Trinajstić information content (AvgIpc) is 2.33. The number of hydrogen-bond acceptors (Lipinski definition) is 2. The molecule has 3 nitrogen and oxygen atoms in total. The molecule has 2 aliphatic rings. The SMILES string of the molecule is CC1=C(C)CCC(C(=O)N2CCNCC2)=C1. The number of amides is 1. The van der Waals surface area contributed by atoms with E-state index in [1.165, 1.54) is 11.1 Å². The summed E-state index contributed by atoms with van der Waals surface area (Å²) < 4.78 is 0. The monoisotopic (exact) mass is 220 g/mol. The zero-order valence-corrected chi connectivity index (χ0v) is 10.2. The third-order valence-electron chi connectivity index (χ3n) is 3.51. The molecule has 3 heteroatoms. The van der Waals surface area contributed by atoms with Crippen molar-refractivity contribution in [1.29, 1.82) is 0 Å². The summed E-state index contributed by atoms with van der Waals surface area (Å²) in [5.74, 6) is 0.244. The second kappa shape index (κ2) is 4.83. The number of carbonyl (C=O) groups excluding carboxylic acids is 1. The van der Waals surface area contributed by atoms with Crippen LogP contribution >= 0.6 is 0 Å². The molecule has 0 bridgehead atoms. The highest BCUT2D eigenvalue weighted by atomic mass is 16.2. The number of hydrogen-bond donors (Lipinski definition) is 1. The molecule has 0 unspecified atom stereocenters. The van der Waals surface area contributed by atoms with Crippen LogP contribution in [0.1, 0.15) is 26.7 Å². The summed E-state index contributed by atoms with van der Waals surface area (Å²) >= 11 is 0. The number of carbonyl (C=O) groups is 1. The molecule has 1 heterocycles. The summed E-state index contributed by atoms with van der Waals surface area (Å²) in [6.45, 7) is 7.78. The Bertz CT molecular complexity index is 349. The number of rotatable bonds is 1. The molecule has 88 valence electrons. The maximum absolute atomic E-state index is 12.2. The van der Waals surface area contributed by atoms with E-state index in [0.717, 1.165) is 44.6 Å². The first-order valence-electron chi connectivity index (χ1n) is 6.05. The van der Waals surface area contributed by atoms with Crippen LogP contribution in [0, 0.1) is 0 Å². The quantitative estimate of drug-likeness (QED) is 0.726. The van der Waals surface area contributed by atoms with Gasteiger partial charge in [-0.05, 0) is 26.7 Å². The average molecular weight is 220 g/mol. The standard InChI is InChI=1S/C13H20N2O/c1-10-3-4-12(9-11(10)2)13(16)15-7-5-14-6-8-15/h9,14H,3-8H2,1-2H3. The lowest BCUT2D eigenvalue weighted by Gasteiger charge is -2.29. The van der Waals surface area contributed by atoms with Gasteiger partial charge in [-0.1, -0.05) is 17.2 Å². The highest BCUT2D eigenvalue weighted by Crippen LogP contribution is 2.24. The molecule has 0 aromatic carbocycles. The van der Waals surface area contributed by atoms with E-state index < -0.39 is 0 Å². The summed E-state index contributed by atoms with van der Waals surface area (Å²) in [6.07, 6.45) is 4.02. The minimum absolute atomic E-state index is 0.244. The largest absolute Gasteiger partial charge is 0.336 e. The maximum Gasteiger partial charge on any atom is 0.249 e. The number of nitrogens with zero attached hydrogens (tertiary/aromatic N) is 1. The molecule has 1 aliphatic carbocycles. The molecular formula is C13H20N2O. The van der Waals surface area contributed by atoms with E-state index >= 15 is 0 Å². The Hall–Kier alpha value is -1.09. The van der Waals surface area contributed by atoms with Crippen LogP contribution in [0.2, 0.25) is 0 Å². The first kappa shape index (κ1) is 11.4. The lowest BCUT2D eigenvalue weighted by Crippen LogP contribution is -2.47. The molecular weight excluding hydrogens is 200 g/mol. The van der Waals surface area contributed by atoms with Crippen molar-refractivity contribution in [3.8, 4) is 0 Å². The fourth-order valence-corrected chi connectivity index (χ4v) is 2.22. The zero-order chi connectivity index (χ0) is 11.5. The molecule has 1 aliphatic heterocycles. The van der Waals surface area contributed by atoms with E-state index in [-0.39, 0.29) is 5.91 Å². The van der Waals surface area contributed by atoms with Crippen molar-refractivity contribution in [3.05, 3.63) is 22.8 Å². The van der Waals surface area contributed by atoms with Crippen LogP contribution in [0.15, 0.2) is 22.8 Å². The molecule has 1 N–H and O–H groups in total. The maximum atomic E-state index is 12.2. The van der Waals surface area contributed by atoms with Gasteiger partial charge in [0.1, 0.15) is 0 Å². The van der Waals surface area contributed by atoms with Crippen molar-refractivity contribution >= 4 is 5.91 Å². The summed E-state index contributed by atoms with van der Waals surface area (Å²) in [6, 6.07) is 0. The fraction of sp³-hybridized carbons (Fsp3) is 0.615. The van der Waals surface area contributed by atoms with Crippen molar-refractivity contribution in [2.24, 2.45) is 0 Å². The molecule has 1 fully saturated rings. The van der Waals surface area contributed by atoms with E-state index in [1.54, 1.807) is 0 Å². The third-order valence-corrected chi connectivity index (χ3v) is 3.51. The van der Waals surface area contributed by atoms with Crippen molar-refractivity contribution in [3.63, 3.8) is 0 Å². The molecule has 16 heavy (non-hydrogen) atoms. The Morgan fingerprint density at radius 3 is 2.56 bits per heavy atom. The van der Waals surface area contributed by atoms with E-state index in [9.17, 15) is 4.79 Å². The van der Waals surface area contributed by atoms with E-state index in [1.807, 2.05) is 4.90 Å². The van der Waals surface area contributed by atoms with Crippen LogP contribution in [0.25, 0.3) is 0 Å². The van der Waals surface area contributed by atoms with E-state index in [4.69, 9.17) is 0 Å². The smallest absolute Gasteiger partial charge is 0.249 e. The summed E-state index contributed by atoms with van der Waals surface area (Å²) in [5, 5.41) is 3.27. The van der Waals surface area contributed by atoms with Gasteiger partial charge >= 0.3 is 0 Å². The molecule has 0 spiro atoms. The third kappa shape index (κ3) is 2.35. The van der Waals surface area contributed by atoms with Gasteiger partial charge in [-0.2, -0.15) is 0 Å². The first-order valence-corrected chi connectivity index (χ1v) is 6.05. The zero-order valence-electron chi connectivity index (χ0n) is 10.2. The van der Waals surface area contributed by atoms with Crippen LogP contribution in [-0.2, 0) is 4.79 Å². The molecule has 1 saturated heterocycles. The number of allylic oxidation sites excluding steroid dienone is 3. The predicted molar refractivity (Wildman–Crippen MR) is 65.1 cm³/mol. The lowest BCUT2D eigenvalue weighted by atomic mass is 9.93. The Kier molecular flexibility index (Phi) is 3.44. The second-order valence-electron chi connectivity index (χ2n) is 4.68. The van der Waals surface area contributed by atoms with Crippen LogP contribution in [0.3, 0.4) is 0 Å². The fourth-order valence-electron chi connectivity index (χ4n) is 2.22. The van der Waals surface area contributed by atoms with Crippen LogP contribution in [0.4, 0.5) is 0 Å². The summed E-state index contributed by atoms with van der Waals surface area (Å²) in [5.41, 5.74) is 3.67. The first-order chi connectivity index (χ1) is 7.68. The molecule has 2 rings (SSSR count). The minimum Gasteiger partial charge on any atom is -0.336 e. The predicted octanol–water partition coefficient (Wildman–Crippen LogP) is 1.47. The molecule has 0 radical (unpaired) electrons. The molecule has 0 atom stereocenters. The van der Waals surface area contributed by atoms with Crippen molar-refractivity contribution in [2.75, 3.05) is 26.2 Å². The van der Waals surface area contributed by atoms with E-state index in [2.05, 4.69) is 25.2 Å². The van der Waals surface area contributed by atoms with Gasteiger partial charge in [-0.3, -0.25) is 4.79 Å². The highest BCUT2D eigenvalue weighted by Gasteiger charge is 2.21. The van der Waals surface area contributed by atoms with Gasteiger partial charge in [0.2, 0.25) is 5.91 Å². The normalized spacial score (nSPS) is 22.1. The van der Waals surface area contributed by atoms with Crippen molar-refractivity contribution in [2.45, 2.75) is 26.7 Å². The van der Waals surface area contributed by atoms with E-state index in [0.29, 0.717) is 0 Å².